The molecule has 1 saturated heterocycles. The molecule has 1 aliphatic heterocycles. The van der Waals surface area contributed by atoms with E-state index in [9.17, 15) is 14.7 Å². The van der Waals surface area contributed by atoms with E-state index in [-0.39, 0.29) is 12.5 Å². The highest BCUT2D eigenvalue weighted by Gasteiger charge is 2.40. The first-order chi connectivity index (χ1) is 11.2. The van der Waals surface area contributed by atoms with Crippen LogP contribution < -0.4 is 0 Å². The van der Waals surface area contributed by atoms with Crippen molar-refractivity contribution in [3.63, 3.8) is 0 Å². The molecule has 132 valence electrons. The zero-order valence-corrected chi connectivity index (χ0v) is 14.7. The lowest BCUT2D eigenvalue weighted by Crippen LogP contribution is -2.49. The summed E-state index contributed by atoms with van der Waals surface area (Å²) in [4.78, 5) is 25.5. The molecule has 1 atom stereocenters. The predicted molar refractivity (Wildman–Crippen MR) is 91.9 cm³/mol. The molecule has 0 unspecified atom stereocenters. The van der Waals surface area contributed by atoms with E-state index >= 15 is 0 Å². The Bertz CT molecular complexity index is 579. The van der Waals surface area contributed by atoms with Gasteiger partial charge in [-0.05, 0) is 45.6 Å². The number of piperidine rings is 1. The Morgan fingerprint density at radius 3 is 2.50 bits per heavy atom. The first-order valence-electron chi connectivity index (χ1n) is 8.43. The molecule has 5 nitrogen and oxygen atoms in total. The van der Waals surface area contributed by atoms with E-state index < -0.39 is 17.0 Å². The topological polar surface area (TPSA) is 66.8 Å². The number of carboxylic acid groups (broad SMARTS) is 1. The minimum absolute atomic E-state index is 0.0567. The number of nitrogens with zero attached hydrogens (tertiary/aromatic N) is 1. The number of hydrogen-bond acceptors (Lipinski definition) is 3. The van der Waals surface area contributed by atoms with Crippen LogP contribution in [0.15, 0.2) is 30.3 Å². The second-order valence-corrected chi connectivity index (χ2v) is 7.74. The van der Waals surface area contributed by atoms with E-state index in [4.69, 9.17) is 4.74 Å². The van der Waals surface area contributed by atoms with Gasteiger partial charge in [0.15, 0.2) is 0 Å². The van der Waals surface area contributed by atoms with Gasteiger partial charge in [-0.1, -0.05) is 30.3 Å². The lowest BCUT2D eigenvalue weighted by atomic mass is 9.73. The van der Waals surface area contributed by atoms with Gasteiger partial charge < -0.3 is 14.7 Å². The third-order valence-corrected chi connectivity index (χ3v) is 4.26. The van der Waals surface area contributed by atoms with Crippen molar-refractivity contribution in [3.05, 3.63) is 35.9 Å². The summed E-state index contributed by atoms with van der Waals surface area (Å²) in [5.74, 6) is -0.822. The Labute approximate surface area is 143 Å². The molecule has 0 bridgehead atoms. The van der Waals surface area contributed by atoms with Crippen molar-refractivity contribution in [3.8, 4) is 0 Å². The number of hydrogen-bond donors (Lipinski definition) is 1. The summed E-state index contributed by atoms with van der Waals surface area (Å²) in [7, 11) is 0. The van der Waals surface area contributed by atoms with Crippen molar-refractivity contribution < 1.29 is 19.4 Å². The molecule has 0 radical (unpaired) electrons. The maximum absolute atomic E-state index is 12.4. The molecule has 5 heteroatoms. The quantitative estimate of drug-likeness (QED) is 0.912. The minimum atomic E-state index is -0.822. The number of ether oxygens (including phenoxy) is 1. The highest BCUT2D eigenvalue weighted by atomic mass is 16.6. The second-order valence-electron chi connectivity index (χ2n) is 7.74. The summed E-state index contributed by atoms with van der Waals surface area (Å²) in [5, 5.41) is 9.39. The summed E-state index contributed by atoms with van der Waals surface area (Å²) in [6.45, 7) is 6.55. The van der Waals surface area contributed by atoms with Gasteiger partial charge in [-0.3, -0.25) is 4.79 Å². The maximum Gasteiger partial charge on any atom is 0.410 e. The second kappa shape index (κ2) is 7.24. The number of aliphatic carboxylic acids is 1. The smallest absolute Gasteiger partial charge is 0.410 e. The Hall–Kier alpha value is -2.04. The van der Waals surface area contributed by atoms with Crippen LogP contribution in [-0.2, 0) is 16.0 Å². The van der Waals surface area contributed by atoms with Gasteiger partial charge in [-0.2, -0.15) is 0 Å². The number of amides is 1. The van der Waals surface area contributed by atoms with E-state index in [0.717, 1.165) is 18.4 Å². The van der Waals surface area contributed by atoms with Crippen molar-refractivity contribution in [1.82, 2.24) is 4.90 Å². The molecular weight excluding hydrogens is 306 g/mol. The van der Waals surface area contributed by atoms with Crippen molar-refractivity contribution >= 4 is 12.1 Å². The van der Waals surface area contributed by atoms with Crippen molar-refractivity contribution in [2.24, 2.45) is 5.41 Å². The number of rotatable bonds is 4. The number of carbonyl (C=O) groups is 2. The van der Waals surface area contributed by atoms with E-state index in [0.29, 0.717) is 19.5 Å². The molecule has 1 aliphatic rings. The largest absolute Gasteiger partial charge is 0.481 e. The molecule has 0 aliphatic carbocycles. The first-order valence-corrected chi connectivity index (χ1v) is 8.43. The summed E-state index contributed by atoms with van der Waals surface area (Å²) >= 11 is 0. The molecule has 1 amide bonds. The normalized spacial score (nSPS) is 21.4. The standard InChI is InChI=1S/C19H27NO4/c1-18(2,3)24-17(23)20-11-7-10-19(14-20,13-16(21)22)12-15-8-5-4-6-9-15/h4-6,8-9H,7,10-14H2,1-3H3,(H,21,22)/t19-/m0/s1. The summed E-state index contributed by atoms with van der Waals surface area (Å²) in [6, 6.07) is 9.88. The van der Waals surface area contributed by atoms with Gasteiger partial charge >= 0.3 is 12.1 Å². The van der Waals surface area contributed by atoms with E-state index in [2.05, 4.69) is 0 Å². The van der Waals surface area contributed by atoms with Crippen LogP contribution >= 0.6 is 0 Å². The van der Waals surface area contributed by atoms with Crippen LogP contribution in [0.4, 0.5) is 4.79 Å². The average molecular weight is 333 g/mol. The molecule has 0 saturated carbocycles. The predicted octanol–water partition coefficient (Wildman–Crippen LogP) is 3.72. The third-order valence-electron chi connectivity index (χ3n) is 4.26. The number of carbonyl (C=O) groups excluding carboxylic acids is 1. The summed E-state index contributed by atoms with van der Waals surface area (Å²) < 4.78 is 5.47. The zero-order valence-electron chi connectivity index (χ0n) is 14.7. The van der Waals surface area contributed by atoms with Gasteiger partial charge in [-0.25, -0.2) is 4.79 Å². The van der Waals surface area contributed by atoms with Gasteiger partial charge in [0, 0.05) is 18.5 Å². The first kappa shape index (κ1) is 18.3. The van der Waals surface area contributed by atoms with Crippen LogP contribution in [0.25, 0.3) is 0 Å². The van der Waals surface area contributed by atoms with E-state index in [1.165, 1.54) is 0 Å². The monoisotopic (exact) mass is 333 g/mol. The van der Waals surface area contributed by atoms with Crippen LogP contribution in [0.2, 0.25) is 0 Å². The average Bonchev–Trinajstić information content (AvgIpc) is 2.45. The Kier molecular flexibility index (Phi) is 5.52. The molecule has 24 heavy (non-hydrogen) atoms. The fourth-order valence-corrected chi connectivity index (χ4v) is 3.39. The van der Waals surface area contributed by atoms with Gasteiger partial charge in [0.25, 0.3) is 0 Å². The highest BCUT2D eigenvalue weighted by Crippen LogP contribution is 2.37. The zero-order chi connectivity index (χ0) is 17.8. The molecular formula is C19H27NO4. The lowest BCUT2D eigenvalue weighted by Gasteiger charge is -2.42. The van der Waals surface area contributed by atoms with Gasteiger partial charge in [0.1, 0.15) is 5.60 Å². The molecule has 1 heterocycles. The van der Waals surface area contributed by atoms with Crippen LogP contribution in [0.5, 0.6) is 0 Å². The van der Waals surface area contributed by atoms with Crippen molar-refractivity contribution in [2.75, 3.05) is 13.1 Å². The molecule has 1 N–H and O–H groups in total. The molecule has 1 aromatic rings. The number of carboxylic acids is 1. The lowest BCUT2D eigenvalue weighted by molar-refractivity contribution is -0.140. The van der Waals surface area contributed by atoms with Crippen molar-refractivity contribution in [1.29, 1.82) is 0 Å². The van der Waals surface area contributed by atoms with Crippen molar-refractivity contribution in [2.45, 2.75) is 52.1 Å². The highest BCUT2D eigenvalue weighted by molar-refractivity contribution is 5.70. The Morgan fingerprint density at radius 2 is 1.92 bits per heavy atom. The van der Waals surface area contributed by atoms with Gasteiger partial charge in [0.05, 0.1) is 6.42 Å². The Balaban J connectivity index is 2.17. The molecule has 0 aromatic heterocycles. The third kappa shape index (κ3) is 5.25. The van der Waals surface area contributed by atoms with E-state index in [1.807, 2.05) is 51.1 Å². The van der Waals surface area contributed by atoms with E-state index in [1.54, 1.807) is 4.90 Å². The van der Waals surface area contributed by atoms with Gasteiger partial charge in [-0.15, -0.1) is 0 Å². The molecule has 1 aromatic carbocycles. The summed E-state index contributed by atoms with van der Waals surface area (Å²) in [5.41, 5.74) is 0.107. The molecule has 2 rings (SSSR count). The minimum Gasteiger partial charge on any atom is -0.481 e. The van der Waals surface area contributed by atoms with Crippen LogP contribution in [0.1, 0.15) is 45.6 Å². The summed E-state index contributed by atoms with van der Waals surface area (Å²) in [6.07, 6.45) is 1.94. The fraction of sp³-hybridized carbons (Fsp3) is 0.579. The molecule has 0 spiro atoms. The fourth-order valence-electron chi connectivity index (χ4n) is 3.39. The van der Waals surface area contributed by atoms with Crippen LogP contribution in [0, 0.1) is 5.41 Å². The Morgan fingerprint density at radius 1 is 1.25 bits per heavy atom. The van der Waals surface area contributed by atoms with Crippen LogP contribution in [-0.4, -0.2) is 40.8 Å². The molecule has 1 fully saturated rings. The number of likely N-dealkylation sites (tertiary alicyclic amines) is 1. The van der Waals surface area contributed by atoms with Gasteiger partial charge in [0.2, 0.25) is 0 Å². The SMILES string of the molecule is CC(C)(C)OC(=O)N1CCC[C@@](CC(=O)O)(Cc2ccccc2)C1. The number of benzene rings is 1. The maximum atomic E-state index is 12.4. The van der Waals surface area contributed by atoms with Crippen LogP contribution in [0.3, 0.4) is 0 Å².